The topological polar surface area (TPSA) is 110 Å². The Hall–Kier alpha value is -2.13. The quantitative estimate of drug-likeness (QED) is 0.749. The number of hydrogen-bond donors (Lipinski definition) is 1. The third-order valence-electron chi connectivity index (χ3n) is 5.75. The van der Waals surface area contributed by atoms with Crippen LogP contribution in [0.4, 0.5) is 0 Å². The molecule has 1 aromatic carbocycles. The van der Waals surface area contributed by atoms with E-state index < -0.39 is 15.9 Å². The minimum atomic E-state index is -3.68. The number of primary amides is 1. The van der Waals surface area contributed by atoms with Gasteiger partial charge in [-0.2, -0.15) is 4.31 Å². The smallest absolute Gasteiger partial charge is 0.260 e. The summed E-state index contributed by atoms with van der Waals surface area (Å²) >= 11 is 0. The summed E-state index contributed by atoms with van der Waals surface area (Å²) in [6.45, 7) is 4.73. The third kappa shape index (κ3) is 4.56. The average molecular weight is 424 g/mol. The summed E-state index contributed by atoms with van der Waals surface area (Å²) in [7, 11) is -3.68. The maximum Gasteiger partial charge on any atom is 0.260 e. The van der Waals surface area contributed by atoms with Crippen molar-refractivity contribution in [1.82, 2.24) is 9.21 Å². The molecular formula is C20H29N3O5S. The van der Waals surface area contributed by atoms with E-state index in [1.165, 1.54) is 22.5 Å². The Morgan fingerprint density at radius 2 is 1.72 bits per heavy atom. The van der Waals surface area contributed by atoms with Gasteiger partial charge in [-0.1, -0.05) is 0 Å². The molecule has 3 rings (SSSR count). The van der Waals surface area contributed by atoms with E-state index in [0.29, 0.717) is 13.1 Å². The number of likely N-dealkylation sites (tertiary alicyclic amines) is 1. The molecule has 2 amide bonds. The second-order valence-electron chi connectivity index (χ2n) is 7.85. The highest BCUT2D eigenvalue weighted by Gasteiger charge is 2.30. The van der Waals surface area contributed by atoms with Crippen molar-refractivity contribution in [2.24, 2.45) is 5.73 Å². The molecule has 0 saturated carbocycles. The van der Waals surface area contributed by atoms with Gasteiger partial charge in [0.05, 0.1) is 10.5 Å². The van der Waals surface area contributed by atoms with Crippen molar-refractivity contribution in [2.75, 3.05) is 19.7 Å². The van der Waals surface area contributed by atoms with Gasteiger partial charge in [0.15, 0.2) is 6.61 Å². The van der Waals surface area contributed by atoms with Crippen LogP contribution in [0.1, 0.15) is 56.3 Å². The molecule has 29 heavy (non-hydrogen) atoms. The van der Waals surface area contributed by atoms with Crippen LogP contribution < -0.4 is 10.5 Å². The lowest BCUT2D eigenvalue weighted by atomic mass is 9.97. The van der Waals surface area contributed by atoms with Crippen LogP contribution in [0.2, 0.25) is 0 Å². The van der Waals surface area contributed by atoms with Gasteiger partial charge in [0.25, 0.3) is 11.8 Å². The number of piperidine rings is 1. The molecule has 2 atom stereocenters. The van der Waals surface area contributed by atoms with Gasteiger partial charge in [-0.3, -0.25) is 9.59 Å². The Kier molecular flexibility index (Phi) is 6.48. The number of benzene rings is 1. The average Bonchev–Trinajstić information content (AvgIpc) is 3.21. The molecule has 2 saturated heterocycles. The highest BCUT2D eigenvalue weighted by atomic mass is 32.2. The van der Waals surface area contributed by atoms with Crippen molar-refractivity contribution in [3.05, 3.63) is 23.8 Å². The molecule has 9 heteroatoms. The van der Waals surface area contributed by atoms with Gasteiger partial charge in [-0.05, 0) is 64.2 Å². The zero-order valence-electron chi connectivity index (χ0n) is 17.0. The summed E-state index contributed by atoms with van der Waals surface area (Å²) < 4.78 is 32.5. The van der Waals surface area contributed by atoms with Crippen molar-refractivity contribution < 1.29 is 22.7 Å². The molecule has 0 aliphatic carbocycles. The van der Waals surface area contributed by atoms with E-state index >= 15 is 0 Å². The Bertz CT molecular complexity index is 870. The first-order valence-electron chi connectivity index (χ1n) is 10.1. The molecule has 0 radical (unpaired) electrons. The fourth-order valence-corrected chi connectivity index (χ4v) is 5.74. The highest BCUT2D eigenvalue weighted by molar-refractivity contribution is 7.89. The van der Waals surface area contributed by atoms with Crippen LogP contribution in [-0.2, 0) is 14.8 Å². The molecule has 1 aromatic rings. The lowest BCUT2D eigenvalue weighted by molar-refractivity contribution is -0.139. The Balaban J connectivity index is 1.77. The van der Waals surface area contributed by atoms with Crippen LogP contribution >= 0.6 is 0 Å². The van der Waals surface area contributed by atoms with Gasteiger partial charge in [0, 0.05) is 25.2 Å². The number of amides is 2. The van der Waals surface area contributed by atoms with E-state index in [0.717, 1.165) is 32.1 Å². The fourth-order valence-electron chi connectivity index (χ4n) is 4.19. The van der Waals surface area contributed by atoms with Crippen LogP contribution in [0.5, 0.6) is 5.75 Å². The molecule has 0 aromatic heterocycles. The molecule has 2 aliphatic heterocycles. The molecule has 2 aliphatic rings. The first-order valence-corrected chi connectivity index (χ1v) is 11.5. The number of carbonyl (C=O) groups is 2. The normalized spacial score (nSPS) is 23.2. The number of ether oxygens (including phenoxy) is 1. The van der Waals surface area contributed by atoms with Crippen molar-refractivity contribution in [1.29, 1.82) is 0 Å². The van der Waals surface area contributed by atoms with Gasteiger partial charge in [0.1, 0.15) is 5.75 Å². The predicted molar refractivity (Wildman–Crippen MR) is 108 cm³/mol. The van der Waals surface area contributed by atoms with E-state index in [-0.39, 0.29) is 40.8 Å². The van der Waals surface area contributed by atoms with Gasteiger partial charge in [-0.15, -0.1) is 0 Å². The van der Waals surface area contributed by atoms with Gasteiger partial charge >= 0.3 is 0 Å². The molecule has 160 valence electrons. The first kappa shape index (κ1) is 21.6. The molecule has 8 nitrogen and oxygen atoms in total. The van der Waals surface area contributed by atoms with Gasteiger partial charge in [-0.25, -0.2) is 8.42 Å². The van der Waals surface area contributed by atoms with Crippen molar-refractivity contribution in [3.63, 3.8) is 0 Å². The predicted octanol–water partition coefficient (Wildman–Crippen LogP) is 1.74. The largest absolute Gasteiger partial charge is 0.483 e. The monoisotopic (exact) mass is 423 g/mol. The highest BCUT2D eigenvalue weighted by Crippen LogP contribution is 2.27. The number of sulfonamides is 1. The fraction of sp³-hybridized carbons (Fsp3) is 0.600. The summed E-state index contributed by atoms with van der Waals surface area (Å²) in [5.41, 5.74) is 5.41. The van der Waals surface area contributed by atoms with Crippen LogP contribution in [0.15, 0.2) is 23.1 Å². The minimum Gasteiger partial charge on any atom is -0.483 e. The Morgan fingerprint density at radius 3 is 2.31 bits per heavy atom. The summed E-state index contributed by atoms with van der Waals surface area (Å²) in [4.78, 5) is 26.4. The number of nitrogens with two attached hydrogens (primary N) is 1. The molecule has 0 unspecified atom stereocenters. The van der Waals surface area contributed by atoms with Crippen LogP contribution in [0.3, 0.4) is 0 Å². The lowest BCUT2D eigenvalue weighted by Crippen LogP contribution is -2.49. The number of hydrogen-bond acceptors (Lipinski definition) is 5. The van der Waals surface area contributed by atoms with E-state index in [1.54, 1.807) is 0 Å². The lowest BCUT2D eigenvalue weighted by Gasteiger charge is -2.39. The first-order chi connectivity index (χ1) is 13.7. The van der Waals surface area contributed by atoms with E-state index in [2.05, 4.69) is 0 Å². The maximum atomic E-state index is 12.7. The number of carbonyl (C=O) groups excluding carboxylic acids is 2. The van der Waals surface area contributed by atoms with Gasteiger partial charge < -0.3 is 15.4 Å². The summed E-state index contributed by atoms with van der Waals surface area (Å²) in [5, 5.41) is 0. The van der Waals surface area contributed by atoms with Crippen LogP contribution in [-0.4, -0.2) is 61.2 Å². The molecule has 0 bridgehead atoms. The Morgan fingerprint density at radius 1 is 1.10 bits per heavy atom. The van der Waals surface area contributed by atoms with Crippen LogP contribution in [0, 0.1) is 0 Å². The van der Waals surface area contributed by atoms with E-state index in [4.69, 9.17) is 10.5 Å². The summed E-state index contributed by atoms with van der Waals surface area (Å²) in [6.07, 6.45) is 4.63. The van der Waals surface area contributed by atoms with Crippen LogP contribution in [0.25, 0.3) is 0 Å². The standard InChI is InChI=1S/C20H29N3O5S/c1-14-6-5-7-15(2)23(14)19(24)13-28-18-9-8-16(12-17(18)20(21)25)29(26,27)22-10-3-4-11-22/h8-9,12,14-15H,3-7,10-11,13H2,1-2H3,(H2,21,25)/t14-,15-/m1/s1. The summed E-state index contributed by atoms with van der Waals surface area (Å²) in [6, 6.07) is 4.31. The summed E-state index contributed by atoms with van der Waals surface area (Å²) in [5.74, 6) is -0.844. The molecule has 2 fully saturated rings. The van der Waals surface area contributed by atoms with Crippen molar-refractivity contribution >= 4 is 21.8 Å². The second kappa shape index (κ2) is 8.71. The Labute approximate surface area is 172 Å². The molecule has 0 spiro atoms. The second-order valence-corrected chi connectivity index (χ2v) is 9.79. The zero-order valence-corrected chi connectivity index (χ0v) is 17.8. The van der Waals surface area contributed by atoms with Gasteiger partial charge in [0.2, 0.25) is 10.0 Å². The maximum absolute atomic E-state index is 12.7. The van der Waals surface area contributed by atoms with E-state index in [1.807, 2.05) is 18.7 Å². The number of nitrogens with zero attached hydrogens (tertiary/aromatic N) is 2. The molecule has 2 N–H and O–H groups in total. The van der Waals surface area contributed by atoms with Crippen molar-refractivity contribution in [3.8, 4) is 5.75 Å². The zero-order chi connectivity index (χ0) is 21.2. The third-order valence-corrected chi connectivity index (χ3v) is 7.65. The molecular weight excluding hydrogens is 394 g/mol. The SMILES string of the molecule is C[C@@H]1CCC[C@@H](C)N1C(=O)COc1ccc(S(=O)(=O)N2CCCC2)cc1C(N)=O. The van der Waals surface area contributed by atoms with Crippen molar-refractivity contribution in [2.45, 2.75) is 62.9 Å². The molecule has 2 heterocycles. The minimum absolute atomic E-state index is 0.00477. The van der Waals surface area contributed by atoms with E-state index in [9.17, 15) is 18.0 Å². The number of rotatable bonds is 6.